The number of amides is 3. The minimum atomic E-state index is -0.817. The summed E-state index contributed by atoms with van der Waals surface area (Å²) >= 11 is 0. The molecule has 0 radical (unpaired) electrons. The van der Waals surface area contributed by atoms with Crippen molar-refractivity contribution in [2.45, 2.75) is 44.9 Å². The van der Waals surface area contributed by atoms with Gasteiger partial charge in [-0.05, 0) is 27.2 Å². The molecule has 2 N–H and O–H groups in total. The van der Waals surface area contributed by atoms with E-state index < -0.39 is 5.54 Å². The SMILES string of the molecule is Cc1nn(C)cc1[C@H]1OCC[C@@H]1NCCN1C(=O)NC(C)(C)C1=O. The van der Waals surface area contributed by atoms with Crippen LogP contribution in [0.5, 0.6) is 0 Å². The molecule has 2 saturated heterocycles. The van der Waals surface area contributed by atoms with Crippen LogP contribution < -0.4 is 10.6 Å². The Morgan fingerprint density at radius 1 is 1.46 bits per heavy atom. The van der Waals surface area contributed by atoms with Crippen molar-refractivity contribution < 1.29 is 14.3 Å². The number of hydrogen-bond donors (Lipinski definition) is 2. The smallest absolute Gasteiger partial charge is 0.325 e. The molecule has 3 amide bonds. The lowest BCUT2D eigenvalue weighted by molar-refractivity contribution is -0.130. The van der Waals surface area contributed by atoms with Crippen molar-refractivity contribution in [2.24, 2.45) is 7.05 Å². The molecule has 2 aliphatic heterocycles. The lowest BCUT2D eigenvalue weighted by Gasteiger charge is -2.21. The fourth-order valence-corrected chi connectivity index (χ4v) is 3.39. The number of carbonyl (C=O) groups excluding carboxylic acids is 2. The molecule has 3 heterocycles. The van der Waals surface area contributed by atoms with Gasteiger partial charge in [-0.1, -0.05) is 0 Å². The summed E-state index contributed by atoms with van der Waals surface area (Å²) in [6, 6.07) is -0.171. The second kappa shape index (κ2) is 6.18. The van der Waals surface area contributed by atoms with Gasteiger partial charge in [0.25, 0.3) is 5.91 Å². The summed E-state index contributed by atoms with van der Waals surface area (Å²) in [5.41, 5.74) is 1.23. The Balaban J connectivity index is 1.58. The molecule has 0 aliphatic carbocycles. The Kier molecular flexibility index (Phi) is 4.35. The van der Waals surface area contributed by atoms with Crippen molar-refractivity contribution in [3.05, 3.63) is 17.5 Å². The van der Waals surface area contributed by atoms with Gasteiger partial charge in [0.2, 0.25) is 0 Å². The van der Waals surface area contributed by atoms with Gasteiger partial charge in [0.1, 0.15) is 11.6 Å². The Morgan fingerprint density at radius 3 is 2.79 bits per heavy atom. The molecule has 0 spiro atoms. The molecule has 24 heavy (non-hydrogen) atoms. The first-order chi connectivity index (χ1) is 11.3. The van der Waals surface area contributed by atoms with Gasteiger partial charge in [-0.3, -0.25) is 14.4 Å². The average molecular weight is 335 g/mol. The van der Waals surface area contributed by atoms with E-state index in [-0.39, 0.29) is 24.1 Å². The van der Waals surface area contributed by atoms with Crippen LogP contribution >= 0.6 is 0 Å². The summed E-state index contributed by atoms with van der Waals surface area (Å²) in [6.07, 6.45) is 2.84. The molecule has 0 saturated carbocycles. The predicted octanol–water partition coefficient (Wildman–Crippen LogP) is 0.479. The normalized spacial score (nSPS) is 26.2. The highest BCUT2D eigenvalue weighted by atomic mass is 16.5. The summed E-state index contributed by atoms with van der Waals surface area (Å²) in [7, 11) is 1.90. The molecular formula is C16H25N5O3. The van der Waals surface area contributed by atoms with Gasteiger partial charge >= 0.3 is 6.03 Å². The third-order valence-electron chi connectivity index (χ3n) is 4.64. The first-order valence-corrected chi connectivity index (χ1v) is 8.29. The van der Waals surface area contributed by atoms with Crippen molar-refractivity contribution in [1.29, 1.82) is 0 Å². The molecular weight excluding hydrogens is 310 g/mol. The quantitative estimate of drug-likeness (QED) is 0.764. The molecule has 0 unspecified atom stereocenters. The first-order valence-electron chi connectivity index (χ1n) is 8.29. The monoisotopic (exact) mass is 335 g/mol. The Labute approximate surface area is 141 Å². The molecule has 1 aromatic rings. The van der Waals surface area contributed by atoms with E-state index in [9.17, 15) is 9.59 Å². The zero-order valence-corrected chi connectivity index (χ0v) is 14.6. The van der Waals surface area contributed by atoms with Crippen LogP contribution in [0.4, 0.5) is 4.79 Å². The van der Waals surface area contributed by atoms with Crippen molar-refractivity contribution in [2.75, 3.05) is 19.7 Å². The number of nitrogens with one attached hydrogen (secondary N) is 2. The van der Waals surface area contributed by atoms with Gasteiger partial charge in [-0.2, -0.15) is 5.10 Å². The predicted molar refractivity (Wildman–Crippen MR) is 87.4 cm³/mol. The topological polar surface area (TPSA) is 88.5 Å². The van der Waals surface area contributed by atoms with E-state index in [1.165, 1.54) is 4.90 Å². The van der Waals surface area contributed by atoms with E-state index in [1.54, 1.807) is 18.5 Å². The zero-order valence-electron chi connectivity index (χ0n) is 14.6. The lowest BCUT2D eigenvalue weighted by Crippen LogP contribution is -2.42. The van der Waals surface area contributed by atoms with E-state index >= 15 is 0 Å². The molecule has 1 aromatic heterocycles. The summed E-state index contributed by atoms with van der Waals surface area (Å²) in [4.78, 5) is 25.3. The summed E-state index contributed by atoms with van der Waals surface area (Å²) in [5, 5.41) is 10.5. The number of hydrogen-bond acceptors (Lipinski definition) is 5. The Bertz CT molecular complexity index is 654. The van der Waals surface area contributed by atoms with Gasteiger partial charge in [-0.25, -0.2) is 4.79 Å². The highest BCUT2D eigenvalue weighted by Crippen LogP contribution is 2.30. The van der Waals surface area contributed by atoms with Gasteiger partial charge in [0.15, 0.2) is 0 Å². The van der Waals surface area contributed by atoms with Crippen LogP contribution in [0.2, 0.25) is 0 Å². The van der Waals surface area contributed by atoms with E-state index in [2.05, 4.69) is 15.7 Å². The maximum atomic E-state index is 12.2. The van der Waals surface area contributed by atoms with Crippen molar-refractivity contribution in [3.8, 4) is 0 Å². The summed E-state index contributed by atoms with van der Waals surface area (Å²) in [6.45, 7) is 6.98. The largest absolute Gasteiger partial charge is 0.372 e. The number of imide groups is 1. The van der Waals surface area contributed by atoms with Gasteiger partial charge in [0.05, 0.1) is 5.69 Å². The van der Waals surface area contributed by atoms with Crippen LogP contribution in [-0.4, -0.2) is 57.9 Å². The third-order valence-corrected chi connectivity index (χ3v) is 4.64. The molecule has 2 atom stereocenters. The van der Waals surface area contributed by atoms with Gasteiger partial charge in [-0.15, -0.1) is 0 Å². The highest BCUT2D eigenvalue weighted by Gasteiger charge is 2.44. The maximum Gasteiger partial charge on any atom is 0.325 e. The highest BCUT2D eigenvalue weighted by molar-refractivity contribution is 6.06. The van der Waals surface area contributed by atoms with E-state index in [0.29, 0.717) is 19.7 Å². The number of urea groups is 1. The standard InChI is InChI=1S/C16H25N5O3/c1-10-11(9-20(4)19-10)13-12(5-8-24-13)17-6-7-21-14(22)16(2,3)18-15(21)23/h9,12-13,17H,5-8H2,1-4H3,(H,18,23)/t12-,13+/m0/s1. The first kappa shape index (κ1) is 16.9. The summed E-state index contributed by atoms with van der Waals surface area (Å²) < 4.78 is 7.66. The van der Waals surface area contributed by atoms with Crippen LogP contribution in [0, 0.1) is 6.92 Å². The Morgan fingerprint density at radius 2 is 2.21 bits per heavy atom. The average Bonchev–Trinajstić information content (AvgIpc) is 3.12. The van der Waals surface area contributed by atoms with Crippen LogP contribution in [0.1, 0.15) is 37.6 Å². The fourth-order valence-electron chi connectivity index (χ4n) is 3.39. The van der Waals surface area contributed by atoms with Crippen LogP contribution in [0.3, 0.4) is 0 Å². The minimum Gasteiger partial charge on any atom is -0.372 e. The number of carbonyl (C=O) groups is 2. The van der Waals surface area contributed by atoms with Crippen molar-refractivity contribution in [1.82, 2.24) is 25.3 Å². The third kappa shape index (κ3) is 3.03. The number of aromatic nitrogens is 2. The number of aryl methyl sites for hydroxylation is 2. The van der Waals surface area contributed by atoms with Crippen LogP contribution in [-0.2, 0) is 16.6 Å². The molecule has 0 aromatic carbocycles. The number of nitrogens with zero attached hydrogens (tertiary/aromatic N) is 3. The van der Waals surface area contributed by atoms with Crippen molar-refractivity contribution >= 4 is 11.9 Å². The molecule has 2 fully saturated rings. The van der Waals surface area contributed by atoms with Crippen LogP contribution in [0.15, 0.2) is 6.20 Å². The van der Waals surface area contributed by atoms with Gasteiger partial charge < -0.3 is 15.4 Å². The maximum absolute atomic E-state index is 12.2. The van der Waals surface area contributed by atoms with Gasteiger partial charge in [0, 0.05) is 44.5 Å². The second-order valence-electron chi connectivity index (χ2n) is 7.00. The van der Waals surface area contributed by atoms with Crippen LogP contribution in [0.25, 0.3) is 0 Å². The number of ether oxygens (including phenoxy) is 1. The lowest BCUT2D eigenvalue weighted by atomic mass is 10.0. The van der Waals surface area contributed by atoms with E-state index in [4.69, 9.17) is 4.74 Å². The number of rotatable bonds is 5. The summed E-state index contributed by atoms with van der Waals surface area (Å²) in [5.74, 6) is -0.184. The zero-order chi connectivity index (χ0) is 17.5. The molecule has 8 nitrogen and oxygen atoms in total. The molecule has 132 valence electrons. The fraction of sp³-hybridized carbons (Fsp3) is 0.688. The van der Waals surface area contributed by atoms with E-state index in [1.807, 2.05) is 20.2 Å². The molecule has 8 heteroatoms. The molecule has 0 bridgehead atoms. The van der Waals surface area contributed by atoms with E-state index in [0.717, 1.165) is 17.7 Å². The molecule has 3 rings (SSSR count). The second-order valence-corrected chi connectivity index (χ2v) is 7.00. The Hall–Kier alpha value is -1.93. The van der Waals surface area contributed by atoms with Crippen molar-refractivity contribution in [3.63, 3.8) is 0 Å². The molecule has 2 aliphatic rings. The minimum absolute atomic E-state index is 0.0433.